The van der Waals surface area contributed by atoms with Crippen LogP contribution in [0.15, 0.2) is 36.4 Å². The zero-order chi connectivity index (χ0) is 17.8. The predicted octanol–water partition coefficient (Wildman–Crippen LogP) is 3.98. The minimum Gasteiger partial charge on any atom is -0.351 e. The number of nitrogens with one attached hydrogen (secondary N) is 1. The number of hydrogen-bond acceptors (Lipinski definition) is 2. The van der Waals surface area contributed by atoms with Gasteiger partial charge < -0.3 is 5.32 Å². The van der Waals surface area contributed by atoms with Crippen LogP contribution in [0.5, 0.6) is 0 Å². The van der Waals surface area contributed by atoms with Crippen molar-refractivity contribution in [3.05, 3.63) is 53.3 Å². The third-order valence-corrected chi connectivity index (χ3v) is 5.37. The van der Waals surface area contributed by atoms with Gasteiger partial charge >= 0.3 is 0 Å². The van der Waals surface area contributed by atoms with E-state index in [9.17, 15) is 4.79 Å². The van der Waals surface area contributed by atoms with Crippen LogP contribution < -0.4 is 5.32 Å². The van der Waals surface area contributed by atoms with Gasteiger partial charge in [0.1, 0.15) is 6.04 Å². The second-order valence-corrected chi connectivity index (χ2v) is 7.40. The van der Waals surface area contributed by atoms with Crippen LogP contribution in [-0.4, -0.2) is 21.7 Å². The SMILES string of the molecule is Cc1cc(C)n(C(C)C(=O)NC2CCCCC2Cc2ccccc2)n1. The highest BCUT2D eigenvalue weighted by Gasteiger charge is 2.28. The summed E-state index contributed by atoms with van der Waals surface area (Å²) in [5.41, 5.74) is 3.35. The monoisotopic (exact) mass is 339 g/mol. The molecule has 0 radical (unpaired) electrons. The van der Waals surface area contributed by atoms with Crippen LogP contribution in [0.2, 0.25) is 0 Å². The van der Waals surface area contributed by atoms with Crippen molar-refractivity contribution in [3.63, 3.8) is 0 Å². The number of benzene rings is 1. The Bertz CT molecular complexity index is 707. The second-order valence-electron chi connectivity index (χ2n) is 7.40. The van der Waals surface area contributed by atoms with Gasteiger partial charge in [-0.05, 0) is 57.6 Å². The van der Waals surface area contributed by atoms with E-state index in [1.54, 1.807) is 0 Å². The van der Waals surface area contributed by atoms with Crippen LogP contribution in [0, 0.1) is 19.8 Å². The molecule has 134 valence electrons. The summed E-state index contributed by atoms with van der Waals surface area (Å²) in [6.07, 6.45) is 5.77. The minimum atomic E-state index is -0.270. The molecule has 0 aliphatic heterocycles. The fourth-order valence-corrected chi connectivity index (χ4v) is 4.01. The summed E-state index contributed by atoms with van der Waals surface area (Å²) in [5.74, 6) is 0.601. The van der Waals surface area contributed by atoms with E-state index in [1.165, 1.54) is 24.8 Å². The van der Waals surface area contributed by atoms with Crippen LogP contribution in [0.3, 0.4) is 0 Å². The Morgan fingerprint density at radius 3 is 2.64 bits per heavy atom. The molecule has 0 spiro atoms. The highest BCUT2D eigenvalue weighted by molar-refractivity contribution is 5.80. The van der Waals surface area contributed by atoms with E-state index in [0.717, 1.165) is 24.2 Å². The average molecular weight is 339 g/mol. The van der Waals surface area contributed by atoms with Crippen molar-refractivity contribution < 1.29 is 4.79 Å². The van der Waals surface area contributed by atoms with E-state index in [-0.39, 0.29) is 18.0 Å². The maximum Gasteiger partial charge on any atom is 0.244 e. The highest BCUT2D eigenvalue weighted by Crippen LogP contribution is 2.28. The first-order valence-electron chi connectivity index (χ1n) is 9.41. The van der Waals surface area contributed by atoms with Gasteiger partial charge in [0.05, 0.1) is 5.69 Å². The van der Waals surface area contributed by atoms with E-state index >= 15 is 0 Å². The zero-order valence-electron chi connectivity index (χ0n) is 15.5. The molecular formula is C21H29N3O. The first-order valence-corrected chi connectivity index (χ1v) is 9.41. The van der Waals surface area contributed by atoms with Crippen molar-refractivity contribution in [3.8, 4) is 0 Å². The summed E-state index contributed by atoms with van der Waals surface area (Å²) in [4.78, 5) is 12.8. The van der Waals surface area contributed by atoms with Crippen molar-refractivity contribution in [2.24, 2.45) is 5.92 Å². The Balaban J connectivity index is 1.66. The first-order chi connectivity index (χ1) is 12.0. The standard InChI is InChI=1S/C21H29N3O/c1-15-13-16(2)24(23-15)17(3)21(25)22-20-12-8-7-11-19(20)14-18-9-5-4-6-10-18/h4-6,9-10,13,17,19-20H,7-8,11-12,14H2,1-3H3,(H,22,25). The molecule has 0 saturated heterocycles. The van der Waals surface area contributed by atoms with Gasteiger partial charge in [0.2, 0.25) is 5.91 Å². The maximum absolute atomic E-state index is 12.8. The van der Waals surface area contributed by atoms with Gasteiger partial charge in [-0.1, -0.05) is 43.2 Å². The third-order valence-electron chi connectivity index (χ3n) is 5.37. The molecule has 1 N–H and O–H groups in total. The lowest BCUT2D eigenvalue weighted by atomic mass is 9.80. The molecule has 3 unspecified atom stereocenters. The second kappa shape index (κ2) is 7.85. The van der Waals surface area contributed by atoms with Crippen LogP contribution in [0.4, 0.5) is 0 Å². The molecule has 1 aromatic carbocycles. The Hall–Kier alpha value is -2.10. The summed E-state index contributed by atoms with van der Waals surface area (Å²) < 4.78 is 1.83. The van der Waals surface area contributed by atoms with E-state index in [4.69, 9.17) is 0 Å². The quantitative estimate of drug-likeness (QED) is 0.896. The summed E-state index contributed by atoms with van der Waals surface area (Å²) in [7, 11) is 0. The molecule has 1 fully saturated rings. The van der Waals surface area contributed by atoms with Gasteiger partial charge in [-0.2, -0.15) is 5.10 Å². The van der Waals surface area contributed by atoms with Crippen molar-refractivity contribution in [2.45, 2.75) is 65.0 Å². The van der Waals surface area contributed by atoms with Gasteiger partial charge in [0.15, 0.2) is 0 Å². The fourth-order valence-electron chi connectivity index (χ4n) is 4.01. The summed E-state index contributed by atoms with van der Waals surface area (Å²) >= 11 is 0. The van der Waals surface area contributed by atoms with Crippen LogP contribution in [0.1, 0.15) is 55.6 Å². The zero-order valence-corrected chi connectivity index (χ0v) is 15.5. The molecular weight excluding hydrogens is 310 g/mol. The number of carbonyl (C=O) groups is 1. The van der Waals surface area contributed by atoms with E-state index in [0.29, 0.717) is 5.92 Å². The number of rotatable bonds is 5. The lowest BCUT2D eigenvalue weighted by Gasteiger charge is -2.33. The number of amides is 1. The number of nitrogens with zero attached hydrogens (tertiary/aromatic N) is 2. The molecule has 1 heterocycles. The molecule has 3 atom stereocenters. The van der Waals surface area contributed by atoms with Crippen molar-refractivity contribution >= 4 is 5.91 Å². The molecule has 1 amide bonds. The molecule has 3 rings (SSSR count). The Labute approximate surface area is 150 Å². The fraction of sp³-hybridized carbons (Fsp3) is 0.524. The van der Waals surface area contributed by atoms with Gasteiger partial charge in [0.25, 0.3) is 0 Å². The Kier molecular flexibility index (Phi) is 5.57. The molecule has 1 aromatic heterocycles. The molecule has 2 aromatic rings. The Morgan fingerprint density at radius 2 is 1.96 bits per heavy atom. The number of carbonyl (C=O) groups excluding carboxylic acids is 1. The molecule has 1 saturated carbocycles. The van der Waals surface area contributed by atoms with E-state index in [1.807, 2.05) is 31.5 Å². The van der Waals surface area contributed by atoms with Crippen LogP contribution in [-0.2, 0) is 11.2 Å². The minimum absolute atomic E-state index is 0.0798. The topological polar surface area (TPSA) is 46.9 Å². The number of hydrogen-bond donors (Lipinski definition) is 1. The normalized spacial score (nSPS) is 21.7. The number of aromatic nitrogens is 2. The maximum atomic E-state index is 12.8. The van der Waals surface area contributed by atoms with Gasteiger partial charge in [0, 0.05) is 11.7 Å². The average Bonchev–Trinajstić information content (AvgIpc) is 2.95. The molecule has 1 aliphatic rings. The van der Waals surface area contributed by atoms with E-state index < -0.39 is 0 Å². The van der Waals surface area contributed by atoms with Gasteiger partial charge in [-0.25, -0.2) is 0 Å². The predicted molar refractivity (Wildman–Crippen MR) is 100 cm³/mol. The molecule has 4 nitrogen and oxygen atoms in total. The smallest absolute Gasteiger partial charge is 0.244 e. The van der Waals surface area contributed by atoms with Crippen molar-refractivity contribution in [1.29, 1.82) is 0 Å². The van der Waals surface area contributed by atoms with Crippen LogP contribution >= 0.6 is 0 Å². The van der Waals surface area contributed by atoms with Gasteiger partial charge in [-0.15, -0.1) is 0 Å². The Morgan fingerprint density at radius 1 is 1.24 bits per heavy atom. The molecule has 1 aliphatic carbocycles. The molecule has 25 heavy (non-hydrogen) atoms. The highest BCUT2D eigenvalue weighted by atomic mass is 16.2. The first kappa shape index (κ1) is 17.7. The summed E-state index contributed by atoms with van der Waals surface area (Å²) in [5, 5.41) is 7.79. The molecule has 4 heteroatoms. The molecule has 0 bridgehead atoms. The largest absolute Gasteiger partial charge is 0.351 e. The lowest BCUT2D eigenvalue weighted by molar-refractivity contribution is -0.125. The van der Waals surface area contributed by atoms with E-state index in [2.05, 4.69) is 40.7 Å². The lowest BCUT2D eigenvalue weighted by Crippen LogP contribution is -2.45. The van der Waals surface area contributed by atoms with Crippen molar-refractivity contribution in [1.82, 2.24) is 15.1 Å². The van der Waals surface area contributed by atoms with Crippen LogP contribution in [0.25, 0.3) is 0 Å². The van der Waals surface area contributed by atoms with Crippen molar-refractivity contribution in [2.75, 3.05) is 0 Å². The summed E-state index contributed by atoms with van der Waals surface area (Å²) in [6, 6.07) is 12.6. The third kappa shape index (κ3) is 4.30. The number of aryl methyl sites for hydroxylation is 2. The van der Waals surface area contributed by atoms with Gasteiger partial charge in [-0.3, -0.25) is 9.48 Å². The summed E-state index contributed by atoms with van der Waals surface area (Å²) in [6.45, 7) is 5.90.